The second-order valence-corrected chi connectivity index (χ2v) is 4.83. The molecule has 1 aromatic heterocycles. The SMILES string of the molecule is CC(C)(C)[C@H]1CN=C(c2ccccn2)O1. The summed E-state index contributed by atoms with van der Waals surface area (Å²) in [6.07, 6.45) is 1.92. The Morgan fingerprint density at radius 3 is 2.67 bits per heavy atom. The van der Waals surface area contributed by atoms with Gasteiger partial charge in [0.1, 0.15) is 11.8 Å². The lowest BCUT2D eigenvalue weighted by Gasteiger charge is -2.25. The van der Waals surface area contributed by atoms with Crippen LogP contribution in [0.2, 0.25) is 0 Å². The van der Waals surface area contributed by atoms with Crippen LogP contribution >= 0.6 is 0 Å². The standard InChI is InChI=1S/C12H16N2O/c1-12(2,3)10-8-14-11(15-10)9-6-4-5-7-13-9/h4-7,10H,8H2,1-3H3/t10-/m1/s1. The Hall–Kier alpha value is -1.38. The number of hydrogen-bond donors (Lipinski definition) is 0. The van der Waals surface area contributed by atoms with Crippen LogP contribution in [0, 0.1) is 5.41 Å². The van der Waals surface area contributed by atoms with Crippen LogP contribution in [0.4, 0.5) is 0 Å². The van der Waals surface area contributed by atoms with E-state index in [1.165, 1.54) is 0 Å². The Morgan fingerprint density at radius 1 is 1.33 bits per heavy atom. The number of aliphatic imine (C=N–C) groups is 1. The van der Waals surface area contributed by atoms with E-state index in [1.54, 1.807) is 6.20 Å². The zero-order valence-electron chi connectivity index (χ0n) is 9.40. The van der Waals surface area contributed by atoms with Crippen LogP contribution in [0.3, 0.4) is 0 Å². The number of aromatic nitrogens is 1. The largest absolute Gasteiger partial charge is 0.471 e. The maximum atomic E-state index is 5.80. The Labute approximate surface area is 90.2 Å². The van der Waals surface area contributed by atoms with Crippen molar-refractivity contribution in [1.29, 1.82) is 0 Å². The fraction of sp³-hybridized carbons (Fsp3) is 0.500. The second kappa shape index (κ2) is 3.65. The molecule has 0 spiro atoms. The molecule has 1 aromatic rings. The van der Waals surface area contributed by atoms with Crippen LogP contribution in [0.1, 0.15) is 26.5 Å². The van der Waals surface area contributed by atoms with Gasteiger partial charge in [-0.25, -0.2) is 4.99 Å². The molecule has 3 nitrogen and oxygen atoms in total. The lowest BCUT2D eigenvalue weighted by atomic mass is 9.89. The zero-order valence-corrected chi connectivity index (χ0v) is 9.40. The monoisotopic (exact) mass is 204 g/mol. The number of ether oxygens (including phenoxy) is 1. The van der Waals surface area contributed by atoms with Gasteiger partial charge in [0, 0.05) is 11.6 Å². The van der Waals surface area contributed by atoms with Crippen molar-refractivity contribution in [3.63, 3.8) is 0 Å². The van der Waals surface area contributed by atoms with E-state index in [2.05, 4.69) is 30.7 Å². The normalized spacial score (nSPS) is 21.0. The van der Waals surface area contributed by atoms with Gasteiger partial charge in [0.15, 0.2) is 0 Å². The van der Waals surface area contributed by atoms with E-state index in [1.807, 2.05) is 18.2 Å². The molecule has 0 amide bonds. The van der Waals surface area contributed by atoms with Gasteiger partial charge in [0.05, 0.1) is 6.54 Å². The van der Waals surface area contributed by atoms with Gasteiger partial charge < -0.3 is 4.74 Å². The van der Waals surface area contributed by atoms with Gasteiger partial charge in [-0.2, -0.15) is 0 Å². The molecule has 0 bridgehead atoms. The quantitative estimate of drug-likeness (QED) is 0.703. The Kier molecular flexibility index (Phi) is 2.47. The Bertz CT molecular complexity index is 365. The molecular formula is C12H16N2O. The molecule has 1 aliphatic heterocycles. The summed E-state index contributed by atoms with van der Waals surface area (Å²) in [5, 5.41) is 0. The first-order valence-electron chi connectivity index (χ1n) is 5.20. The molecule has 15 heavy (non-hydrogen) atoms. The van der Waals surface area contributed by atoms with Crippen LogP contribution in [0.15, 0.2) is 29.4 Å². The van der Waals surface area contributed by atoms with Gasteiger partial charge in [0.2, 0.25) is 5.90 Å². The van der Waals surface area contributed by atoms with Crippen LogP contribution < -0.4 is 0 Å². The molecule has 0 saturated heterocycles. The minimum atomic E-state index is 0.125. The van der Waals surface area contributed by atoms with Crippen LogP contribution in [-0.2, 0) is 4.74 Å². The van der Waals surface area contributed by atoms with E-state index in [0.29, 0.717) is 5.90 Å². The maximum Gasteiger partial charge on any atom is 0.235 e. The average molecular weight is 204 g/mol. The van der Waals surface area contributed by atoms with Crippen LogP contribution in [0.25, 0.3) is 0 Å². The summed E-state index contributed by atoms with van der Waals surface area (Å²) in [5.74, 6) is 0.676. The van der Waals surface area contributed by atoms with Crippen molar-refractivity contribution < 1.29 is 4.74 Å². The summed E-state index contributed by atoms with van der Waals surface area (Å²) in [5.41, 5.74) is 0.948. The van der Waals surface area contributed by atoms with Crippen LogP contribution in [-0.4, -0.2) is 23.5 Å². The first-order chi connectivity index (χ1) is 7.07. The number of pyridine rings is 1. The van der Waals surface area contributed by atoms with Gasteiger partial charge >= 0.3 is 0 Å². The first-order valence-corrected chi connectivity index (χ1v) is 5.20. The lowest BCUT2D eigenvalue weighted by molar-refractivity contribution is 0.103. The van der Waals surface area contributed by atoms with Crippen molar-refractivity contribution >= 4 is 5.90 Å². The van der Waals surface area contributed by atoms with Gasteiger partial charge in [0.25, 0.3) is 0 Å². The highest BCUT2D eigenvalue weighted by Gasteiger charge is 2.32. The van der Waals surface area contributed by atoms with E-state index >= 15 is 0 Å². The molecule has 0 saturated carbocycles. The topological polar surface area (TPSA) is 34.5 Å². The molecule has 1 aliphatic rings. The van der Waals surface area contributed by atoms with Crippen LogP contribution in [0.5, 0.6) is 0 Å². The minimum absolute atomic E-state index is 0.125. The highest BCUT2D eigenvalue weighted by atomic mass is 16.5. The molecule has 0 radical (unpaired) electrons. The third-order valence-electron chi connectivity index (χ3n) is 2.50. The highest BCUT2D eigenvalue weighted by molar-refractivity contribution is 5.93. The van der Waals surface area contributed by atoms with Crippen molar-refractivity contribution in [3.8, 4) is 0 Å². The highest BCUT2D eigenvalue weighted by Crippen LogP contribution is 2.26. The first kappa shape index (κ1) is 10.1. The van der Waals surface area contributed by atoms with Gasteiger partial charge in [-0.3, -0.25) is 4.98 Å². The van der Waals surface area contributed by atoms with Gasteiger partial charge in [-0.1, -0.05) is 26.8 Å². The van der Waals surface area contributed by atoms with Crippen molar-refractivity contribution in [3.05, 3.63) is 30.1 Å². The smallest absolute Gasteiger partial charge is 0.235 e. The van der Waals surface area contributed by atoms with E-state index in [9.17, 15) is 0 Å². The molecular weight excluding hydrogens is 188 g/mol. The lowest BCUT2D eigenvalue weighted by Crippen LogP contribution is -2.29. The van der Waals surface area contributed by atoms with Crippen molar-refractivity contribution in [2.75, 3.05) is 6.54 Å². The third kappa shape index (κ3) is 2.17. The average Bonchev–Trinajstić information content (AvgIpc) is 2.67. The molecule has 3 heteroatoms. The fourth-order valence-corrected chi connectivity index (χ4v) is 1.46. The number of rotatable bonds is 1. The summed E-state index contributed by atoms with van der Waals surface area (Å²) in [7, 11) is 0. The summed E-state index contributed by atoms with van der Waals surface area (Å²) in [6, 6.07) is 5.75. The van der Waals surface area contributed by atoms with E-state index in [-0.39, 0.29) is 11.5 Å². The predicted octanol–water partition coefficient (Wildman–Crippen LogP) is 2.27. The predicted molar refractivity (Wildman–Crippen MR) is 60.0 cm³/mol. The number of nitrogens with zero attached hydrogens (tertiary/aromatic N) is 2. The van der Waals surface area contributed by atoms with E-state index in [4.69, 9.17) is 4.74 Å². The summed E-state index contributed by atoms with van der Waals surface area (Å²) in [6.45, 7) is 7.22. The van der Waals surface area contributed by atoms with E-state index in [0.717, 1.165) is 12.2 Å². The summed E-state index contributed by atoms with van der Waals surface area (Å²) >= 11 is 0. The molecule has 0 unspecified atom stereocenters. The van der Waals surface area contributed by atoms with E-state index < -0.39 is 0 Å². The van der Waals surface area contributed by atoms with Crippen molar-refractivity contribution in [2.24, 2.45) is 10.4 Å². The molecule has 0 aliphatic carbocycles. The Morgan fingerprint density at radius 2 is 2.13 bits per heavy atom. The zero-order chi connectivity index (χ0) is 10.9. The molecule has 2 rings (SSSR count). The van der Waals surface area contributed by atoms with Gasteiger partial charge in [-0.05, 0) is 12.1 Å². The molecule has 80 valence electrons. The van der Waals surface area contributed by atoms with Gasteiger partial charge in [-0.15, -0.1) is 0 Å². The molecule has 0 N–H and O–H groups in total. The molecule has 2 heterocycles. The van der Waals surface area contributed by atoms with Crippen molar-refractivity contribution in [1.82, 2.24) is 4.98 Å². The minimum Gasteiger partial charge on any atom is -0.471 e. The fourth-order valence-electron chi connectivity index (χ4n) is 1.46. The molecule has 0 aromatic carbocycles. The van der Waals surface area contributed by atoms with Crippen molar-refractivity contribution in [2.45, 2.75) is 26.9 Å². The third-order valence-corrected chi connectivity index (χ3v) is 2.50. The Balaban J connectivity index is 2.11. The second-order valence-electron chi connectivity index (χ2n) is 4.83. The summed E-state index contributed by atoms with van der Waals surface area (Å²) < 4.78 is 5.80. The molecule has 0 fully saturated rings. The number of hydrogen-bond acceptors (Lipinski definition) is 3. The summed E-state index contributed by atoms with van der Waals surface area (Å²) in [4.78, 5) is 8.61. The maximum absolute atomic E-state index is 5.80. The molecule has 1 atom stereocenters.